The molecule has 0 aliphatic heterocycles. The standard InChI is InChI=1S/C10H10N2O3S/c1-3-7-8(10(13)14)9(12-15-7)6-4-16-5(2)11-6/h4H,3H2,1-2H3,(H,13,14). The van der Waals surface area contributed by atoms with Gasteiger partial charge in [-0.05, 0) is 6.92 Å². The zero-order chi connectivity index (χ0) is 11.7. The van der Waals surface area contributed by atoms with Gasteiger partial charge in [0.2, 0.25) is 0 Å². The Hall–Kier alpha value is -1.69. The molecule has 0 saturated carbocycles. The molecule has 0 saturated heterocycles. The lowest BCUT2D eigenvalue weighted by Crippen LogP contribution is -2.00. The molecule has 5 nitrogen and oxygen atoms in total. The van der Waals surface area contributed by atoms with Gasteiger partial charge in [-0.2, -0.15) is 0 Å². The molecular weight excluding hydrogens is 228 g/mol. The second-order valence-electron chi connectivity index (χ2n) is 3.24. The molecular formula is C10H10N2O3S. The molecule has 0 radical (unpaired) electrons. The van der Waals surface area contributed by atoms with E-state index < -0.39 is 5.97 Å². The fraction of sp³-hybridized carbons (Fsp3) is 0.300. The molecule has 0 unspecified atom stereocenters. The third-order valence-electron chi connectivity index (χ3n) is 2.16. The second kappa shape index (κ2) is 4.05. The Morgan fingerprint density at radius 1 is 1.62 bits per heavy atom. The van der Waals surface area contributed by atoms with Gasteiger partial charge < -0.3 is 9.63 Å². The predicted molar refractivity (Wildman–Crippen MR) is 58.7 cm³/mol. The largest absolute Gasteiger partial charge is 0.477 e. The average molecular weight is 238 g/mol. The maximum absolute atomic E-state index is 11.1. The Labute approximate surface area is 95.7 Å². The van der Waals surface area contributed by atoms with Crippen molar-refractivity contribution in [3.05, 3.63) is 21.7 Å². The van der Waals surface area contributed by atoms with E-state index in [9.17, 15) is 4.79 Å². The summed E-state index contributed by atoms with van der Waals surface area (Å²) in [4.78, 5) is 15.3. The van der Waals surface area contributed by atoms with Crippen molar-refractivity contribution in [2.24, 2.45) is 0 Å². The van der Waals surface area contributed by atoms with Crippen molar-refractivity contribution >= 4 is 17.3 Å². The van der Waals surface area contributed by atoms with Gasteiger partial charge in [0.25, 0.3) is 0 Å². The van der Waals surface area contributed by atoms with E-state index in [-0.39, 0.29) is 5.56 Å². The van der Waals surface area contributed by atoms with Gasteiger partial charge in [-0.15, -0.1) is 11.3 Å². The Kier molecular flexibility index (Phi) is 2.74. The molecule has 84 valence electrons. The van der Waals surface area contributed by atoms with Crippen LogP contribution in [0.3, 0.4) is 0 Å². The average Bonchev–Trinajstić information content (AvgIpc) is 2.82. The molecule has 6 heteroatoms. The smallest absolute Gasteiger partial charge is 0.341 e. The first kappa shape index (κ1) is 10.8. The van der Waals surface area contributed by atoms with Crippen LogP contribution in [-0.4, -0.2) is 21.2 Å². The summed E-state index contributed by atoms with van der Waals surface area (Å²) in [6, 6.07) is 0. The summed E-state index contributed by atoms with van der Waals surface area (Å²) >= 11 is 1.45. The molecule has 1 N–H and O–H groups in total. The highest BCUT2D eigenvalue weighted by atomic mass is 32.1. The molecule has 0 atom stereocenters. The van der Waals surface area contributed by atoms with Crippen LogP contribution in [0.4, 0.5) is 0 Å². The summed E-state index contributed by atoms with van der Waals surface area (Å²) in [5, 5.41) is 15.5. The molecule has 0 bridgehead atoms. The number of carboxylic acids is 1. The lowest BCUT2D eigenvalue weighted by atomic mass is 10.1. The Balaban J connectivity index is 2.57. The molecule has 0 aliphatic carbocycles. The van der Waals surface area contributed by atoms with Gasteiger partial charge in [0, 0.05) is 11.8 Å². The van der Waals surface area contributed by atoms with Crippen LogP contribution in [0.15, 0.2) is 9.90 Å². The number of carboxylic acid groups (broad SMARTS) is 1. The molecule has 2 rings (SSSR count). The monoisotopic (exact) mass is 238 g/mol. The van der Waals surface area contributed by atoms with Crippen molar-refractivity contribution < 1.29 is 14.4 Å². The van der Waals surface area contributed by atoms with Gasteiger partial charge in [0.15, 0.2) is 5.76 Å². The fourth-order valence-electron chi connectivity index (χ4n) is 1.43. The first-order valence-corrected chi connectivity index (χ1v) is 5.65. The maximum Gasteiger partial charge on any atom is 0.341 e. The van der Waals surface area contributed by atoms with Crippen LogP contribution in [-0.2, 0) is 6.42 Å². The van der Waals surface area contributed by atoms with Crippen molar-refractivity contribution in [2.75, 3.05) is 0 Å². The first-order valence-electron chi connectivity index (χ1n) is 4.77. The number of nitrogens with zero attached hydrogens (tertiary/aromatic N) is 2. The van der Waals surface area contributed by atoms with Gasteiger partial charge >= 0.3 is 5.97 Å². The van der Waals surface area contributed by atoms with Crippen molar-refractivity contribution in [1.82, 2.24) is 10.1 Å². The SMILES string of the molecule is CCc1onc(-c2csc(C)n2)c1C(=O)O. The van der Waals surface area contributed by atoms with Crippen molar-refractivity contribution in [3.8, 4) is 11.4 Å². The number of thiazole rings is 1. The first-order chi connectivity index (χ1) is 7.63. The van der Waals surface area contributed by atoms with Crippen LogP contribution in [0.2, 0.25) is 0 Å². The highest BCUT2D eigenvalue weighted by Crippen LogP contribution is 2.26. The zero-order valence-electron chi connectivity index (χ0n) is 8.85. The van der Waals surface area contributed by atoms with Crippen LogP contribution < -0.4 is 0 Å². The Morgan fingerprint density at radius 2 is 2.38 bits per heavy atom. The number of aromatic nitrogens is 2. The molecule has 0 aromatic carbocycles. The minimum Gasteiger partial charge on any atom is -0.477 e. The zero-order valence-corrected chi connectivity index (χ0v) is 9.67. The number of aryl methyl sites for hydroxylation is 2. The summed E-state index contributed by atoms with van der Waals surface area (Å²) < 4.78 is 5.00. The number of rotatable bonds is 3. The van der Waals surface area contributed by atoms with Gasteiger partial charge in [-0.25, -0.2) is 9.78 Å². The van der Waals surface area contributed by atoms with E-state index in [4.69, 9.17) is 9.63 Å². The summed E-state index contributed by atoms with van der Waals surface area (Å²) in [6.07, 6.45) is 0.498. The van der Waals surface area contributed by atoms with E-state index in [1.54, 1.807) is 5.38 Å². The van der Waals surface area contributed by atoms with Gasteiger partial charge in [-0.1, -0.05) is 12.1 Å². The van der Waals surface area contributed by atoms with Crippen LogP contribution in [0.1, 0.15) is 28.0 Å². The number of hydrogen-bond acceptors (Lipinski definition) is 5. The van der Waals surface area contributed by atoms with Crippen LogP contribution in [0, 0.1) is 6.92 Å². The summed E-state index contributed by atoms with van der Waals surface area (Å²) in [6.45, 7) is 3.68. The van der Waals surface area contributed by atoms with Gasteiger partial charge in [0.05, 0.1) is 5.01 Å². The van der Waals surface area contributed by atoms with Crippen LogP contribution >= 0.6 is 11.3 Å². The third-order valence-corrected chi connectivity index (χ3v) is 2.93. The van der Waals surface area contributed by atoms with E-state index in [2.05, 4.69) is 10.1 Å². The van der Waals surface area contributed by atoms with E-state index in [1.165, 1.54) is 11.3 Å². The summed E-state index contributed by atoms with van der Waals surface area (Å²) in [5.74, 6) is -0.646. The summed E-state index contributed by atoms with van der Waals surface area (Å²) in [7, 11) is 0. The number of carbonyl (C=O) groups is 1. The second-order valence-corrected chi connectivity index (χ2v) is 4.30. The predicted octanol–water partition coefficient (Wildman–Crippen LogP) is 2.37. The number of aromatic carboxylic acids is 1. The summed E-state index contributed by atoms with van der Waals surface area (Å²) in [5.41, 5.74) is 0.991. The fourth-order valence-corrected chi connectivity index (χ4v) is 2.03. The minimum atomic E-state index is -1.03. The van der Waals surface area contributed by atoms with Crippen molar-refractivity contribution in [2.45, 2.75) is 20.3 Å². The maximum atomic E-state index is 11.1. The highest BCUT2D eigenvalue weighted by Gasteiger charge is 2.23. The van der Waals surface area contributed by atoms with Crippen molar-refractivity contribution in [1.29, 1.82) is 0 Å². The highest BCUT2D eigenvalue weighted by molar-refractivity contribution is 7.09. The van der Waals surface area contributed by atoms with Gasteiger partial charge in [0.1, 0.15) is 17.0 Å². The molecule has 0 aliphatic rings. The molecule has 2 heterocycles. The van der Waals surface area contributed by atoms with Crippen LogP contribution in [0.5, 0.6) is 0 Å². The van der Waals surface area contributed by atoms with Crippen LogP contribution in [0.25, 0.3) is 11.4 Å². The Morgan fingerprint density at radius 3 is 2.88 bits per heavy atom. The molecule has 16 heavy (non-hydrogen) atoms. The molecule has 0 spiro atoms. The number of hydrogen-bond donors (Lipinski definition) is 1. The minimum absolute atomic E-state index is 0.118. The molecule has 2 aromatic rings. The third kappa shape index (κ3) is 1.71. The van der Waals surface area contributed by atoms with Crippen molar-refractivity contribution in [3.63, 3.8) is 0 Å². The van der Waals surface area contributed by atoms with Gasteiger partial charge in [-0.3, -0.25) is 0 Å². The quantitative estimate of drug-likeness (QED) is 0.888. The molecule has 0 fully saturated rings. The normalized spacial score (nSPS) is 10.6. The lowest BCUT2D eigenvalue weighted by molar-refractivity contribution is 0.0695. The van der Waals surface area contributed by atoms with E-state index >= 15 is 0 Å². The lowest BCUT2D eigenvalue weighted by Gasteiger charge is -1.93. The van der Waals surface area contributed by atoms with E-state index in [0.29, 0.717) is 23.6 Å². The molecule has 0 amide bonds. The van der Waals surface area contributed by atoms with E-state index in [0.717, 1.165) is 5.01 Å². The van der Waals surface area contributed by atoms with E-state index in [1.807, 2.05) is 13.8 Å². The molecule has 2 aromatic heterocycles. The topological polar surface area (TPSA) is 76.2 Å². The Bertz CT molecular complexity index is 530.